The predicted molar refractivity (Wildman–Crippen MR) is 130 cm³/mol. The number of hydrogen-bond acceptors (Lipinski definition) is 5. The number of piperidine rings is 1. The van der Waals surface area contributed by atoms with Crippen molar-refractivity contribution >= 4 is 15.9 Å². The molecule has 0 unspecified atom stereocenters. The molecule has 8 heteroatoms. The molecule has 2 saturated heterocycles. The van der Waals surface area contributed by atoms with Crippen LogP contribution in [0.3, 0.4) is 0 Å². The van der Waals surface area contributed by atoms with Gasteiger partial charge < -0.3 is 14.7 Å². The number of likely N-dealkylation sites (tertiary alicyclic amines) is 1. The molecule has 3 atom stereocenters. The van der Waals surface area contributed by atoms with Crippen molar-refractivity contribution in [2.24, 2.45) is 5.92 Å². The summed E-state index contributed by atoms with van der Waals surface area (Å²) in [5, 5.41) is 9.82. The number of rotatable bonds is 8. The highest BCUT2D eigenvalue weighted by atomic mass is 32.2. The van der Waals surface area contributed by atoms with Gasteiger partial charge in [0.05, 0.1) is 36.2 Å². The largest absolute Gasteiger partial charge is 0.394 e. The third-order valence-corrected chi connectivity index (χ3v) is 8.40. The summed E-state index contributed by atoms with van der Waals surface area (Å²) < 4.78 is 34.0. The smallest absolute Gasteiger partial charge is 0.240 e. The van der Waals surface area contributed by atoms with Gasteiger partial charge in [0.1, 0.15) is 0 Å². The fraction of sp³-hybridized carbons (Fsp3) is 0.500. The van der Waals surface area contributed by atoms with E-state index in [1.165, 1.54) is 17.7 Å². The highest BCUT2D eigenvalue weighted by molar-refractivity contribution is 7.89. The third kappa shape index (κ3) is 6.44. The summed E-state index contributed by atoms with van der Waals surface area (Å²) in [6, 6.07) is 18.1. The van der Waals surface area contributed by atoms with E-state index >= 15 is 0 Å². The first kappa shape index (κ1) is 24.9. The van der Waals surface area contributed by atoms with Crippen LogP contribution in [-0.4, -0.2) is 62.3 Å². The molecule has 0 spiro atoms. The molecular weight excluding hydrogens is 452 g/mol. The molecule has 7 nitrogen and oxygen atoms in total. The number of benzene rings is 2. The third-order valence-electron chi connectivity index (χ3n) is 6.89. The van der Waals surface area contributed by atoms with Gasteiger partial charge in [-0.3, -0.25) is 4.79 Å². The number of nitrogens with zero attached hydrogens (tertiary/aromatic N) is 1. The molecule has 2 aromatic rings. The highest BCUT2D eigenvalue weighted by Gasteiger charge is 2.35. The summed E-state index contributed by atoms with van der Waals surface area (Å²) in [6.45, 7) is 1.20. The highest BCUT2D eigenvalue weighted by Crippen LogP contribution is 2.26. The van der Waals surface area contributed by atoms with E-state index in [2.05, 4.69) is 29.0 Å². The maximum Gasteiger partial charge on any atom is 0.240 e. The average Bonchev–Trinajstić information content (AvgIpc) is 2.86. The van der Waals surface area contributed by atoms with Gasteiger partial charge in [-0.15, -0.1) is 0 Å². The average molecular weight is 487 g/mol. The second-order valence-electron chi connectivity index (χ2n) is 9.32. The van der Waals surface area contributed by atoms with Crippen LogP contribution in [0.2, 0.25) is 0 Å². The first-order chi connectivity index (χ1) is 16.4. The van der Waals surface area contributed by atoms with Gasteiger partial charge in [0.15, 0.2) is 0 Å². The SMILES string of the molecule is O=C(C[C@@H]1CC[C@H](NS(=O)(=O)c2ccccc2)[C@@H](CO)O1)N1CCC(Cc2ccccc2)CC1. The maximum absolute atomic E-state index is 12.9. The van der Waals surface area contributed by atoms with Crippen LogP contribution in [0.5, 0.6) is 0 Å². The molecule has 0 bridgehead atoms. The number of nitrogens with one attached hydrogen (secondary N) is 1. The summed E-state index contributed by atoms with van der Waals surface area (Å²) >= 11 is 0. The van der Waals surface area contributed by atoms with Gasteiger partial charge in [-0.2, -0.15) is 0 Å². The van der Waals surface area contributed by atoms with Crippen LogP contribution in [0.25, 0.3) is 0 Å². The Labute approximate surface area is 202 Å². The van der Waals surface area contributed by atoms with E-state index in [-0.39, 0.29) is 29.9 Å². The van der Waals surface area contributed by atoms with Gasteiger partial charge in [-0.1, -0.05) is 48.5 Å². The van der Waals surface area contributed by atoms with Crippen molar-refractivity contribution in [2.75, 3.05) is 19.7 Å². The normalized spacial score (nSPS) is 24.1. The van der Waals surface area contributed by atoms with Crippen molar-refractivity contribution < 1.29 is 23.1 Å². The summed E-state index contributed by atoms with van der Waals surface area (Å²) in [7, 11) is -3.70. The van der Waals surface area contributed by atoms with E-state index in [9.17, 15) is 18.3 Å². The van der Waals surface area contributed by atoms with E-state index < -0.39 is 22.2 Å². The molecule has 2 aliphatic heterocycles. The van der Waals surface area contributed by atoms with Crippen LogP contribution in [0.4, 0.5) is 0 Å². The Hall–Kier alpha value is -2.26. The van der Waals surface area contributed by atoms with Crippen molar-refractivity contribution in [1.29, 1.82) is 0 Å². The van der Waals surface area contributed by atoms with Gasteiger partial charge in [0.2, 0.25) is 15.9 Å². The molecular formula is C26H34N2O5S. The molecule has 0 aliphatic carbocycles. The van der Waals surface area contributed by atoms with E-state index in [1.54, 1.807) is 18.2 Å². The lowest BCUT2D eigenvalue weighted by Gasteiger charge is -2.37. The topological polar surface area (TPSA) is 95.9 Å². The Kier molecular flexibility index (Phi) is 8.37. The van der Waals surface area contributed by atoms with Gasteiger partial charge in [-0.25, -0.2) is 13.1 Å². The summed E-state index contributed by atoms with van der Waals surface area (Å²) in [4.78, 5) is 15.0. The zero-order valence-corrected chi connectivity index (χ0v) is 20.2. The fourth-order valence-corrected chi connectivity index (χ4v) is 6.26. The first-order valence-corrected chi connectivity index (χ1v) is 13.6. The molecule has 34 heavy (non-hydrogen) atoms. The molecule has 1 amide bonds. The lowest BCUT2D eigenvalue weighted by atomic mass is 9.90. The number of carbonyl (C=O) groups excluding carboxylic acids is 1. The van der Waals surface area contributed by atoms with Crippen LogP contribution in [0.15, 0.2) is 65.6 Å². The number of aliphatic hydroxyl groups excluding tert-OH is 1. The van der Waals surface area contributed by atoms with Crippen LogP contribution in [0, 0.1) is 5.92 Å². The standard InChI is InChI=1S/C26H34N2O5S/c29-19-25-24(27-34(31,32)23-9-5-2-6-10-23)12-11-22(33-25)18-26(30)28-15-13-21(14-16-28)17-20-7-3-1-4-8-20/h1-10,21-22,24-25,27,29H,11-19H2/t22-,24-,25+/m0/s1. The zero-order valence-electron chi connectivity index (χ0n) is 19.4. The van der Waals surface area contributed by atoms with E-state index in [0.29, 0.717) is 18.8 Å². The Bertz CT molecular complexity index is 1020. The molecule has 0 radical (unpaired) electrons. The van der Waals surface area contributed by atoms with Crippen LogP contribution in [-0.2, 0) is 26.0 Å². The van der Waals surface area contributed by atoms with E-state index in [4.69, 9.17) is 4.74 Å². The summed E-state index contributed by atoms with van der Waals surface area (Å²) in [5.41, 5.74) is 1.34. The summed E-state index contributed by atoms with van der Waals surface area (Å²) in [5.74, 6) is 0.665. The van der Waals surface area contributed by atoms with Gasteiger partial charge >= 0.3 is 0 Å². The van der Waals surface area contributed by atoms with Crippen LogP contribution in [0.1, 0.15) is 37.7 Å². The number of aliphatic hydroxyl groups is 1. The Morgan fingerprint density at radius 2 is 1.62 bits per heavy atom. The van der Waals surface area contributed by atoms with Crippen LogP contribution < -0.4 is 4.72 Å². The maximum atomic E-state index is 12.9. The molecule has 2 heterocycles. The number of sulfonamides is 1. The molecule has 0 aromatic heterocycles. The predicted octanol–water partition coefficient (Wildman–Crippen LogP) is 2.74. The molecule has 184 valence electrons. The molecule has 0 saturated carbocycles. The van der Waals surface area contributed by atoms with E-state index in [1.807, 2.05) is 11.0 Å². The second kappa shape index (κ2) is 11.4. The molecule has 2 fully saturated rings. The lowest BCUT2D eigenvalue weighted by molar-refractivity contribution is -0.141. The van der Waals surface area contributed by atoms with Crippen molar-refractivity contribution in [3.8, 4) is 0 Å². The zero-order chi connectivity index (χ0) is 24.0. The quantitative estimate of drug-likeness (QED) is 0.598. The summed E-state index contributed by atoms with van der Waals surface area (Å²) in [6.07, 6.45) is 3.38. The second-order valence-corrected chi connectivity index (χ2v) is 11.0. The fourth-order valence-electron chi connectivity index (χ4n) is 4.94. The van der Waals surface area contributed by atoms with Gasteiger partial charge in [0.25, 0.3) is 0 Å². The number of hydrogen-bond donors (Lipinski definition) is 2. The Balaban J connectivity index is 1.25. The van der Waals surface area contributed by atoms with Gasteiger partial charge in [-0.05, 0) is 55.7 Å². The molecule has 4 rings (SSSR count). The lowest BCUT2D eigenvalue weighted by Crippen LogP contribution is -2.51. The van der Waals surface area contributed by atoms with Crippen LogP contribution >= 0.6 is 0 Å². The first-order valence-electron chi connectivity index (χ1n) is 12.1. The van der Waals surface area contributed by atoms with Crippen molar-refractivity contribution in [3.63, 3.8) is 0 Å². The number of amides is 1. The Morgan fingerprint density at radius 3 is 2.26 bits per heavy atom. The minimum atomic E-state index is -3.70. The molecule has 2 aliphatic rings. The molecule has 2 aromatic carbocycles. The van der Waals surface area contributed by atoms with Crippen molar-refractivity contribution in [2.45, 2.75) is 61.7 Å². The van der Waals surface area contributed by atoms with Gasteiger partial charge in [0, 0.05) is 13.1 Å². The van der Waals surface area contributed by atoms with Crippen molar-refractivity contribution in [1.82, 2.24) is 9.62 Å². The molecule has 2 N–H and O–H groups in total. The number of ether oxygens (including phenoxy) is 1. The Morgan fingerprint density at radius 1 is 0.971 bits per heavy atom. The minimum Gasteiger partial charge on any atom is -0.394 e. The van der Waals surface area contributed by atoms with E-state index in [0.717, 1.165) is 32.4 Å². The monoisotopic (exact) mass is 486 g/mol. The number of carbonyl (C=O) groups is 1. The van der Waals surface area contributed by atoms with Crippen molar-refractivity contribution in [3.05, 3.63) is 66.2 Å². The minimum absolute atomic E-state index is 0.0724.